The number of nitrogens with zero attached hydrogens (tertiary/aromatic N) is 2. The minimum absolute atomic E-state index is 0.0283. The van der Waals surface area contributed by atoms with Crippen LogP contribution < -0.4 is 0 Å². The van der Waals surface area contributed by atoms with E-state index in [-0.39, 0.29) is 11.9 Å². The average Bonchev–Trinajstić information content (AvgIpc) is 2.97. The highest BCUT2D eigenvalue weighted by atomic mass is 16.2. The summed E-state index contributed by atoms with van der Waals surface area (Å²) < 4.78 is 0. The molecule has 1 unspecified atom stereocenters. The van der Waals surface area contributed by atoms with Crippen molar-refractivity contribution in [1.82, 2.24) is 9.88 Å². The minimum Gasteiger partial charge on any atom is -0.335 e. The van der Waals surface area contributed by atoms with Gasteiger partial charge in [0.15, 0.2) is 0 Å². The lowest BCUT2D eigenvalue weighted by atomic mass is 10.1. The van der Waals surface area contributed by atoms with Gasteiger partial charge < -0.3 is 4.90 Å². The lowest BCUT2D eigenvalue weighted by Gasteiger charge is -2.24. The van der Waals surface area contributed by atoms with Gasteiger partial charge in [-0.05, 0) is 41.7 Å². The first kappa shape index (κ1) is 13.6. The van der Waals surface area contributed by atoms with Crippen LogP contribution >= 0.6 is 0 Å². The molecule has 0 bridgehead atoms. The highest BCUT2D eigenvalue weighted by molar-refractivity contribution is 5.91. The van der Waals surface area contributed by atoms with Crippen LogP contribution in [0.4, 0.5) is 0 Å². The van der Waals surface area contributed by atoms with Gasteiger partial charge in [-0.25, -0.2) is 0 Å². The highest BCUT2D eigenvalue weighted by Crippen LogP contribution is 2.34. The zero-order chi connectivity index (χ0) is 14.7. The van der Waals surface area contributed by atoms with Crippen molar-refractivity contribution in [3.8, 4) is 0 Å². The van der Waals surface area contributed by atoms with Gasteiger partial charge in [0.2, 0.25) is 5.91 Å². The van der Waals surface area contributed by atoms with Gasteiger partial charge in [0.1, 0.15) is 0 Å². The first-order valence-electron chi connectivity index (χ1n) is 7.18. The van der Waals surface area contributed by atoms with Crippen LogP contribution in [0.5, 0.6) is 0 Å². The van der Waals surface area contributed by atoms with E-state index >= 15 is 0 Å². The maximum atomic E-state index is 12.3. The van der Waals surface area contributed by atoms with E-state index in [2.05, 4.69) is 23.2 Å². The fraction of sp³-hybridized carbons (Fsp3) is 0.222. The molecular formula is C18H18N2O. The molecule has 1 aromatic carbocycles. The Morgan fingerprint density at radius 2 is 2.14 bits per heavy atom. The maximum Gasteiger partial charge on any atom is 0.246 e. The zero-order valence-electron chi connectivity index (χ0n) is 12.1. The standard InChI is InChI=1S/C18H18N2O/c1-20(17-10-9-15-6-2-3-7-16(15)17)18(21)11-8-14-5-4-12-19-13-14/h2-8,11-13,17H,9-10H2,1H3/b11-8+. The molecule has 2 aromatic rings. The molecule has 3 rings (SSSR count). The second-order valence-electron chi connectivity index (χ2n) is 5.32. The monoisotopic (exact) mass is 278 g/mol. The van der Waals surface area contributed by atoms with E-state index in [1.54, 1.807) is 18.5 Å². The number of carbonyl (C=O) groups excluding carboxylic acids is 1. The number of aryl methyl sites for hydroxylation is 1. The van der Waals surface area contributed by atoms with Crippen molar-refractivity contribution in [3.63, 3.8) is 0 Å². The lowest BCUT2D eigenvalue weighted by molar-refractivity contribution is -0.126. The quantitative estimate of drug-likeness (QED) is 0.808. The topological polar surface area (TPSA) is 33.2 Å². The number of carbonyl (C=O) groups is 1. The van der Waals surface area contributed by atoms with Crippen molar-refractivity contribution in [2.75, 3.05) is 7.05 Å². The number of pyridine rings is 1. The Kier molecular flexibility index (Phi) is 3.82. The summed E-state index contributed by atoms with van der Waals surface area (Å²) in [5.41, 5.74) is 3.58. The number of hydrogen-bond donors (Lipinski definition) is 0. The van der Waals surface area contributed by atoms with Crippen molar-refractivity contribution in [2.45, 2.75) is 18.9 Å². The second-order valence-corrected chi connectivity index (χ2v) is 5.32. The molecule has 0 saturated heterocycles. The normalized spacial score (nSPS) is 16.9. The van der Waals surface area contributed by atoms with Crippen molar-refractivity contribution in [3.05, 3.63) is 71.6 Å². The molecule has 1 aromatic heterocycles. The zero-order valence-corrected chi connectivity index (χ0v) is 12.1. The van der Waals surface area contributed by atoms with Crippen molar-refractivity contribution < 1.29 is 4.79 Å². The lowest BCUT2D eigenvalue weighted by Crippen LogP contribution is -2.28. The SMILES string of the molecule is CN(C(=O)/C=C/c1cccnc1)C1CCc2ccccc21. The molecule has 1 aliphatic carbocycles. The fourth-order valence-electron chi connectivity index (χ4n) is 2.85. The van der Waals surface area contributed by atoms with Crippen molar-refractivity contribution >= 4 is 12.0 Å². The predicted molar refractivity (Wildman–Crippen MR) is 83.5 cm³/mol. The molecule has 0 aliphatic heterocycles. The smallest absolute Gasteiger partial charge is 0.246 e. The molecule has 1 atom stereocenters. The van der Waals surface area contributed by atoms with E-state index in [0.717, 1.165) is 18.4 Å². The van der Waals surface area contributed by atoms with E-state index < -0.39 is 0 Å². The molecule has 0 fully saturated rings. The van der Waals surface area contributed by atoms with Gasteiger partial charge in [-0.1, -0.05) is 30.3 Å². The summed E-state index contributed by atoms with van der Waals surface area (Å²) in [6.07, 6.45) is 8.95. The van der Waals surface area contributed by atoms with Crippen molar-refractivity contribution in [2.24, 2.45) is 0 Å². The van der Waals surface area contributed by atoms with Gasteiger partial charge >= 0.3 is 0 Å². The summed E-state index contributed by atoms with van der Waals surface area (Å²) in [6.45, 7) is 0. The molecular weight excluding hydrogens is 260 g/mol. The van der Waals surface area contributed by atoms with Gasteiger partial charge in [0, 0.05) is 25.5 Å². The second kappa shape index (κ2) is 5.92. The van der Waals surface area contributed by atoms with Gasteiger partial charge in [0.25, 0.3) is 0 Å². The molecule has 0 saturated carbocycles. The average molecular weight is 278 g/mol. The van der Waals surface area contributed by atoms with Gasteiger partial charge in [-0.3, -0.25) is 9.78 Å². The molecule has 1 aliphatic rings. The van der Waals surface area contributed by atoms with Crippen LogP contribution in [0.3, 0.4) is 0 Å². The number of aromatic nitrogens is 1. The molecule has 3 heteroatoms. The maximum absolute atomic E-state index is 12.3. The summed E-state index contributed by atoms with van der Waals surface area (Å²) in [5.74, 6) is 0.0283. The summed E-state index contributed by atoms with van der Waals surface area (Å²) in [7, 11) is 1.88. The minimum atomic E-state index is 0.0283. The number of fused-ring (bicyclic) bond motifs is 1. The van der Waals surface area contributed by atoms with Crippen LogP contribution in [0.25, 0.3) is 6.08 Å². The van der Waals surface area contributed by atoms with Crippen LogP contribution in [0.15, 0.2) is 54.9 Å². The molecule has 3 nitrogen and oxygen atoms in total. The number of amides is 1. The van der Waals surface area contributed by atoms with Gasteiger partial charge in [-0.15, -0.1) is 0 Å². The van der Waals surface area contributed by atoms with E-state index in [1.807, 2.05) is 36.2 Å². The van der Waals surface area contributed by atoms with Gasteiger partial charge in [0.05, 0.1) is 6.04 Å². The molecule has 1 heterocycles. The number of benzene rings is 1. The van der Waals surface area contributed by atoms with Crippen LogP contribution in [0, 0.1) is 0 Å². The van der Waals surface area contributed by atoms with E-state index in [9.17, 15) is 4.79 Å². The summed E-state index contributed by atoms with van der Waals surface area (Å²) in [5, 5.41) is 0. The molecule has 1 amide bonds. The molecule has 0 N–H and O–H groups in total. The summed E-state index contributed by atoms with van der Waals surface area (Å²) in [4.78, 5) is 18.2. The predicted octanol–water partition coefficient (Wildman–Crippen LogP) is 3.24. The van der Waals surface area contributed by atoms with Crippen LogP contribution in [0.1, 0.15) is 29.2 Å². The third kappa shape index (κ3) is 2.87. The number of rotatable bonds is 3. The van der Waals surface area contributed by atoms with Crippen LogP contribution in [0.2, 0.25) is 0 Å². The Bertz CT molecular complexity index is 664. The first-order chi connectivity index (χ1) is 10.3. The molecule has 0 radical (unpaired) electrons. The van der Waals surface area contributed by atoms with Gasteiger partial charge in [-0.2, -0.15) is 0 Å². The highest BCUT2D eigenvalue weighted by Gasteiger charge is 2.27. The fourth-order valence-corrected chi connectivity index (χ4v) is 2.85. The van der Waals surface area contributed by atoms with Crippen LogP contribution in [-0.4, -0.2) is 22.8 Å². The number of hydrogen-bond acceptors (Lipinski definition) is 2. The molecule has 21 heavy (non-hydrogen) atoms. The van der Waals surface area contributed by atoms with E-state index in [1.165, 1.54) is 11.1 Å². The molecule has 106 valence electrons. The number of likely N-dealkylation sites (N-methyl/N-ethyl adjacent to an activating group) is 1. The Morgan fingerprint density at radius 1 is 1.29 bits per heavy atom. The van der Waals surface area contributed by atoms with Crippen LogP contribution in [-0.2, 0) is 11.2 Å². The third-order valence-corrected chi connectivity index (χ3v) is 4.02. The van der Waals surface area contributed by atoms with Crippen molar-refractivity contribution in [1.29, 1.82) is 0 Å². The Hall–Kier alpha value is -2.42. The first-order valence-corrected chi connectivity index (χ1v) is 7.18. The Morgan fingerprint density at radius 3 is 2.95 bits per heavy atom. The largest absolute Gasteiger partial charge is 0.335 e. The Balaban J connectivity index is 1.73. The Labute approximate surface area is 124 Å². The third-order valence-electron chi connectivity index (χ3n) is 4.02. The van der Waals surface area contributed by atoms with E-state index in [0.29, 0.717) is 0 Å². The summed E-state index contributed by atoms with van der Waals surface area (Å²) >= 11 is 0. The summed E-state index contributed by atoms with van der Waals surface area (Å²) in [6, 6.07) is 12.4. The van der Waals surface area contributed by atoms with E-state index in [4.69, 9.17) is 0 Å². The molecule has 0 spiro atoms.